The van der Waals surface area contributed by atoms with Crippen molar-refractivity contribution < 1.29 is 13.6 Å². The van der Waals surface area contributed by atoms with Gasteiger partial charge in [-0.2, -0.15) is 0 Å². The Bertz CT molecular complexity index is 1150. The molecular weight excluding hydrogens is 490 g/mol. The van der Waals surface area contributed by atoms with Crippen molar-refractivity contribution in [3.05, 3.63) is 71.0 Å². The standard InChI is InChI=1S/C16H12FNOS.C12H30OSi2/c1-10(12-4-2-3-11(7-12)9-19)16-18-14-8-13(17)5-6-15(14)20-16;1-11(2,3)14(7,8)13-15(9,10)12(4,5)6/h2-8,19H,1,9H2;1-10H3. The van der Waals surface area contributed by atoms with E-state index in [-0.39, 0.29) is 12.4 Å². The number of fused-ring (bicyclic) bond motifs is 1. The number of benzene rings is 2. The summed E-state index contributed by atoms with van der Waals surface area (Å²) in [7, 11) is -3.18. The van der Waals surface area contributed by atoms with Crippen LogP contribution in [0.2, 0.25) is 36.3 Å². The van der Waals surface area contributed by atoms with Crippen LogP contribution in [-0.2, 0) is 10.7 Å². The van der Waals surface area contributed by atoms with E-state index in [9.17, 15) is 9.50 Å². The van der Waals surface area contributed by atoms with E-state index in [4.69, 9.17) is 4.12 Å². The lowest BCUT2D eigenvalue weighted by molar-refractivity contribution is 0.282. The van der Waals surface area contributed by atoms with E-state index in [1.807, 2.05) is 24.3 Å². The zero-order valence-corrected chi connectivity index (χ0v) is 25.9. The Hall–Kier alpha value is -1.65. The van der Waals surface area contributed by atoms with Crippen molar-refractivity contribution in [2.75, 3.05) is 0 Å². The van der Waals surface area contributed by atoms with Crippen molar-refractivity contribution in [3.63, 3.8) is 0 Å². The van der Waals surface area contributed by atoms with Gasteiger partial charge in [0.25, 0.3) is 0 Å². The lowest BCUT2D eigenvalue weighted by Crippen LogP contribution is -2.53. The number of aliphatic hydroxyl groups excluding tert-OH is 1. The molecule has 0 aliphatic carbocycles. The molecule has 0 saturated carbocycles. The summed E-state index contributed by atoms with van der Waals surface area (Å²) in [5.41, 5.74) is 3.17. The Morgan fingerprint density at radius 1 is 0.971 bits per heavy atom. The first-order valence-electron chi connectivity index (χ1n) is 12.0. The van der Waals surface area contributed by atoms with Crippen molar-refractivity contribution in [1.82, 2.24) is 4.98 Å². The quantitative estimate of drug-likeness (QED) is 0.334. The zero-order chi connectivity index (χ0) is 26.8. The monoisotopic (exact) mass is 531 g/mol. The summed E-state index contributed by atoms with van der Waals surface area (Å²) in [6.45, 7) is 27.3. The second-order valence-electron chi connectivity index (χ2n) is 12.1. The van der Waals surface area contributed by atoms with Gasteiger partial charge in [-0.3, -0.25) is 0 Å². The summed E-state index contributed by atoms with van der Waals surface area (Å²) in [5, 5.41) is 10.6. The van der Waals surface area contributed by atoms with Gasteiger partial charge in [0.2, 0.25) is 0 Å². The smallest absolute Gasteiger partial charge is 0.178 e. The van der Waals surface area contributed by atoms with Gasteiger partial charge < -0.3 is 9.22 Å². The minimum Gasteiger partial charge on any atom is -0.455 e. The largest absolute Gasteiger partial charge is 0.455 e. The van der Waals surface area contributed by atoms with Gasteiger partial charge >= 0.3 is 0 Å². The van der Waals surface area contributed by atoms with Crippen LogP contribution < -0.4 is 0 Å². The Balaban J connectivity index is 0.000000260. The van der Waals surface area contributed by atoms with Crippen LogP contribution in [0.1, 0.15) is 57.7 Å². The minimum atomic E-state index is -1.59. The van der Waals surface area contributed by atoms with Gasteiger partial charge in [-0.05, 0) is 65.6 Å². The first kappa shape index (κ1) is 29.6. The lowest BCUT2D eigenvalue weighted by atomic mass is 10.1. The van der Waals surface area contributed by atoms with Gasteiger partial charge in [0.05, 0.1) is 16.8 Å². The average Bonchev–Trinajstić information content (AvgIpc) is 3.14. The molecule has 7 heteroatoms. The molecule has 0 fully saturated rings. The van der Waals surface area contributed by atoms with Crippen LogP contribution >= 0.6 is 11.3 Å². The molecule has 0 saturated heterocycles. The zero-order valence-electron chi connectivity index (χ0n) is 23.0. The summed E-state index contributed by atoms with van der Waals surface area (Å²) in [6.07, 6.45) is 0. The first-order valence-corrected chi connectivity index (χ1v) is 18.7. The van der Waals surface area contributed by atoms with Crippen LogP contribution in [0.4, 0.5) is 4.39 Å². The van der Waals surface area contributed by atoms with Gasteiger partial charge in [-0.25, -0.2) is 9.37 Å². The van der Waals surface area contributed by atoms with Crippen LogP contribution in [0.5, 0.6) is 0 Å². The van der Waals surface area contributed by atoms with Crippen LogP contribution in [0, 0.1) is 5.82 Å². The van der Waals surface area contributed by atoms with E-state index >= 15 is 0 Å². The van der Waals surface area contributed by atoms with E-state index < -0.39 is 16.6 Å². The van der Waals surface area contributed by atoms with E-state index in [0.29, 0.717) is 15.6 Å². The molecular formula is C28H42FNO2SSi2. The lowest BCUT2D eigenvalue weighted by Gasteiger charge is -2.47. The molecule has 192 valence electrons. The summed E-state index contributed by atoms with van der Waals surface area (Å²) < 4.78 is 20.7. The number of rotatable bonds is 5. The van der Waals surface area contributed by atoms with Crippen molar-refractivity contribution >= 4 is 43.8 Å². The fourth-order valence-electron chi connectivity index (χ4n) is 2.95. The topological polar surface area (TPSA) is 42.4 Å². The highest BCUT2D eigenvalue weighted by molar-refractivity contribution is 7.19. The van der Waals surface area contributed by atoms with Crippen LogP contribution in [0.25, 0.3) is 15.8 Å². The van der Waals surface area contributed by atoms with Crippen LogP contribution in [-0.4, -0.2) is 26.7 Å². The number of hydrogen-bond donors (Lipinski definition) is 1. The van der Waals surface area contributed by atoms with Crippen molar-refractivity contribution in [1.29, 1.82) is 0 Å². The number of nitrogens with zero attached hydrogens (tertiary/aromatic N) is 1. The second kappa shape index (κ2) is 10.8. The molecule has 1 aromatic heterocycles. The predicted octanol–water partition coefficient (Wildman–Crippen LogP) is 9.00. The third-order valence-electron chi connectivity index (χ3n) is 7.19. The van der Waals surface area contributed by atoms with Gasteiger partial charge in [0, 0.05) is 11.6 Å². The van der Waals surface area contributed by atoms with Gasteiger partial charge in [-0.1, -0.05) is 66.3 Å². The molecule has 0 aliphatic rings. The predicted molar refractivity (Wildman–Crippen MR) is 156 cm³/mol. The van der Waals surface area contributed by atoms with Gasteiger partial charge in [0.1, 0.15) is 10.8 Å². The molecule has 1 N–H and O–H groups in total. The normalized spacial score (nSPS) is 12.9. The number of aliphatic hydroxyl groups is 1. The molecule has 0 spiro atoms. The van der Waals surface area contributed by atoms with Crippen LogP contribution in [0.15, 0.2) is 49.0 Å². The number of hydrogen-bond acceptors (Lipinski definition) is 4. The molecule has 0 atom stereocenters. The van der Waals surface area contributed by atoms with E-state index in [1.54, 1.807) is 6.07 Å². The first-order chi connectivity index (χ1) is 15.9. The Morgan fingerprint density at radius 2 is 1.54 bits per heavy atom. The molecule has 0 unspecified atom stereocenters. The SMILES string of the molecule is C=C(c1cccc(CO)c1)c1nc2cc(F)ccc2s1.CC(C)(C)[Si](C)(C)O[Si](C)(C)C(C)(C)C. The fourth-order valence-corrected chi connectivity index (χ4v) is 11.4. The third kappa shape index (κ3) is 7.43. The molecule has 2 aromatic carbocycles. The average molecular weight is 532 g/mol. The highest BCUT2D eigenvalue weighted by Gasteiger charge is 2.46. The molecule has 1 heterocycles. The summed E-state index contributed by atoms with van der Waals surface area (Å²) >= 11 is 1.48. The highest BCUT2D eigenvalue weighted by atomic mass is 32.1. The molecule has 3 nitrogen and oxygen atoms in total. The molecule has 35 heavy (non-hydrogen) atoms. The molecule has 0 radical (unpaired) electrons. The Morgan fingerprint density at radius 3 is 2.06 bits per heavy atom. The number of aromatic nitrogens is 1. The number of thiazole rings is 1. The number of halogens is 1. The molecule has 0 aliphatic heterocycles. The maximum absolute atomic E-state index is 13.2. The van der Waals surface area contributed by atoms with Crippen molar-refractivity contribution in [3.8, 4) is 0 Å². The van der Waals surface area contributed by atoms with E-state index in [1.165, 1.54) is 23.5 Å². The van der Waals surface area contributed by atoms with Crippen molar-refractivity contribution in [2.45, 2.75) is 84.4 Å². The molecule has 0 amide bonds. The molecule has 0 bridgehead atoms. The van der Waals surface area contributed by atoms with E-state index in [2.05, 4.69) is 79.3 Å². The Labute approximate surface area is 217 Å². The van der Waals surface area contributed by atoms with Gasteiger partial charge in [0.15, 0.2) is 16.6 Å². The fraction of sp³-hybridized carbons (Fsp3) is 0.464. The minimum absolute atomic E-state index is 0.00776. The third-order valence-corrected chi connectivity index (χ3v) is 19.6. The summed E-state index contributed by atoms with van der Waals surface area (Å²) in [6, 6.07) is 12.1. The highest BCUT2D eigenvalue weighted by Crippen LogP contribution is 2.44. The summed E-state index contributed by atoms with van der Waals surface area (Å²) in [4.78, 5) is 4.42. The van der Waals surface area contributed by atoms with Crippen LogP contribution in [0.3, 0.4) is 0 Å². The van der Waals surface area contributed by atoms with Crippen molar-refractivity contribution in [2.24, 2.45) is 0 Å². The second-order valence-corrected chi connectivity index (χ2v) is 23.0. The van der Waals surface area contributed by atoms with Gasteiger partial charge in [-0.15, -0.1) is 11.3 Å². The Kier molecular flexibility index (Phi) is 9.10. The molecule has 3 rings (SSSR count). The van der Waals surface area contributed by atoms with E-state index in [0.717, 1.165) is 26.4 Å². The maximum Gasteiger partial charge on any atom is 0.178 e. The summed E-state index contributed by atoms with van der Waals surface area (Å²) in [5.74, 6) is -0.290. The molecule has 3 aromatic rings. The maximum atomic E-state index is 13.2.